The molecule has 0 spiro atoms. The van der Waals surface area contributed by atoms with Gasteiger partial charge in [-0.15, -0.1) is 0 Å². The second kappa shape index (κ2) is 34.0. The van der Waals surface area contributed by atoms with Crippen LogP contribution < -0.4 is 10.6 Å². The zero-order chi connectivity index (χ0) is 45.1. The van der Waals surface area contributed by atoms with Crippen molar-refractivity contribution in [2.45, 2.75) is 219 Å². The predicted octanol–water partition coefficient (Wildman–Crippen LogP) is 16.9. The van der Waals surface area contributed by atoms with E-state index in [9.17, 15) is 9.59 Å². The Bertz CT molecular complexity index is 1720. The fourth-order valence-corrected chi connectivity index (χ4v) is 8.84. The van der Waals surface area contributed by atoms with Gasteiger partial charge in [0, 0.05) is 16.7 Å². The lowest BCUT2D eigenvalue weighted by atomic mass is 9.99. The van der Waals surface area contributed by atoms with Gasteiger partial charge < -0.3 is 0 Å². The summed E-state index contributed by atoms with van der Waals surface area (Å²) in [6.45, 7) is 4.56. The summed E-state index contributed by atoms with van der Waals surface area (Å²) < 4.78 is 0. The number of amides is 2. The van der Waals surface area contributed by atoms with Crippen LogP contribution in [0.15, 0.2) is 78.9 Å². The van der Waals surface area contributed by atoms with E-state index in [2.05, 4.69) is 39.4 Å². The highest BCUT2D eigenvalue weighted by molar-refractivity contribution is 6.06. The van der Waals surface area contributed by atoms with Crippen LogP contribution in [0.5, 0.6) is 0 Å². The van der Waals surface area contributed by atoms with Gasteiger partial charge in [0.15, 0.2) is 5.82 Å². The lowest BCUT2D eigenvalue weighted by Gasteiger charge is -2.13. The summed E-state index contributed by atoms with van der Waals surface area (Å²) in [6, 6.07) is 25.2. The summed E-state index contributed by atoms with van der Waals surface area (Å²) in [5.41, 5.74) is 4.04. The summed E-state index contributed by atoms with van der Waals surface area (Å²) in [5.74, 6) is 0.0307. The molecule has 7 nitrogen and oxygen atoms in total. The third kappa shape index (κ3) is 22.0. The van der Waals surface area contributed by atoms with Gasteiger partial charge in [0.25, 0.3) is 11.8 Å². The van der Waals surface area contributed by atoms with E-state index in [-0.39, 0.29) is 23.7 Å². The summed E-state index contributed by atoms with van der Waals surface area (Å²) >= 11 is 0. The zero-order valence-electron chi connectivity index (χ0n) is 40.3. The molecule has 2 amide bonds. The Morgan fingerprint density at radius 1 is 0.359 bits per heavy atom. The second-order valence-corrected chi connectivity index (χ2v) is 18.3. The minimum Gasteiger partial charge on any atom is -0.290 e. The van der Waals surface area contributed by atoms with Crippen molar-refractivity contribution in [1.29, 1.82) is 0 Å². The summed E-state index contributed by atoms with van der Waals surface area (Å²) in [7, 11) is 0. The van der Waals surface area contributed by atoms with Crippen molar-refractivity contribution < 1.29 is 9.59 Å². The number of carbonyl (C=O) groups excluding carboxylic acids is 2. The quantitative estimate of drug-likeness (QED) is 0.0440. The van der Waals surface area contributed by atoms with Crippen molar-refractivity contribution >= 4 is 23.7 Å². The van der Waals surface area contributed by atoms with Crippen LogP contribution in [0.3, 0.4) is 0 Å². The van der Waals surface area contributed by atoms with Crippen LogP contribution in [0.1, 0.15) is 238 Å². The smallest absolute Gasteiger partial charge is 0.258 e. The molecule has 0 bridgehead atoms. The molecule has 0 radical (unpaired) electrons. The number of hydrogen-bond acceptors (Lipinski definition) is 5. The van der Waals surface area contributed by atoms with Gasteiger partial charge in [0.1, 0.15) is 0 Å². The first-order valence-electron chi connectivity index (χ1n) is 26.2. The van der Waals surface area contributed by atoms with Gasteiger partial charge in [-0.25, -0.2) is 0 Å². The average molecular weight is 872 g/mol. The van der Waals surface area contributed by atoms with E-state index >= 15 is 0 Å². The van der Waals surface area contributed by atoms with Crippen molar-refractivity contribution in [3.05, 3.63) is 101 Å². The maximum absolute atomic E-state index is 13.8. The molecule has 7 heteroatoms. The van der Waals surface area contributed by atoms with E-state index in [1.54, 1.807) is 0 Å². The third-order valence-electron chi connectivity index (χ3n) is 12.7. The molecule has 4 rings (SSSR count). The minimum absolute atomic E-state index is 0.0991. The largest absolute Gasteiger partial charge is 0.290 e. The number of aryl methyl sites for hydroxylation is 2. The molecule has 3 aromatic carbocycles. The molecule has 1 heterocycles. The van der Waals surface area contributed by atoms with E-state index in [1.165, 1.54) is 167 Å². The molecule has 0 fully saturated rings. The van der Waals surface area contributed by atoms with Gasteiger partial charge in [-0.1, -0.05) is 260 Å². The summed E-state index contributed by atoms with van der Waals surface area (Å²) in [6.07, 6.45) is 41.5. The third-order valence-corrected chi connectivity index (χ3v) is 12.7. The fourth-order valence-electron chi connectivity index (χ4n) is 8.84. The number of aromatic nitrogens is 3. The highest BCUT2D eigenvalue weighted by atomic mass is 16.2. The number of unbranched alkanes of at least 4 members (excludes halogenated alkanes) is 28. The van der Waals surface area contributed by atoms with Crippen LogP contribution in [0.2, 0.25) is 0 Å². The molecule has 2 N–H and O–H groups in total. The first kappa shape index (κ1) is 52.2. The highest BCUT2D eigenvalue weighted by Crippen LogP contribution is 2.22. The van der Waals surface area contributed by atoms with Gasteiger partial charge in [0.2, 0.25) is 11.9 Å². The second-order valence-electron chi connectivity index (χ2n) is 18.3. The van der Waals surface area contributed by atoms with Crippen LogP contribution in [0.25, 0.3) is 11.4 Å². The van der Waals surface area contributed by atoms with E-state index in [4.69, 9.17) is 0 Å². The van der Waals surface area contributed by atoms with E-state index in [0.717, 1.165) is 55.2 Å². The van der Waals surface area contributed by atoms with Crippen molar-refractivity contribution in [3.63, 3.8) is 0 Å². The molecule has 0 aliphatic carbocycles. The Morgan fingerprint density at radius 2 is 0.656 bits per heavy atom. The van der Waals surface area contributed by atoms with Gasteiger partial charge in [-0.05, 0) is 48.9 Å². The number of anilines is 2. The van der Waals surface area contributed by atoms with Gasteiger partial charge in [-0.3, -0.25) is 20.2 Å². The topological polar surface area (TPSA) is 96.9 Å². The zero-order valence-corrected chi connectivity index (χ0v) is 40.3. The Kier molecular flexibility index (Phi) is 27.8. The van der Waals surface area contributed by atoms with Crippen molar-refractivity contribution in [1.82, 2.24) is 15.0 Å². The number of carbonyl (C=O) groups is 2. The first-order valence-corrected chi connectivity index (χ1v) is 26.2. The summed E-state index contributed by atoms with van der Waals surface area (Å²) in [4.78, 5) is 41.5. The number of benzene rings is 3. The molecule has 1 aromatic heterocycles. The molecule has 0 saturated carbocycles. The lowest BCUT2D eigenvalue weighted by Crippen LogP contribution is -2.20. The Morgan fingerprint density at radius 3 is 1.00 bits per heavy atom. The molecule has 4 aromatic rings. The maximum atomic E-state index is 13.8. The molecule has 0 unspecified atom stereocenters. The molecular formula is C57H85N5O2. The number of hydrogen-bond donors (Lipinski definition) is 2. The van der Waals surface area contributed by atoms with E-state index in [0.29, 0.717) is 17.0 Å². The monoisotopic (exact) mass is 872 g/mol. The van der Waals surface area contributed by atoms with Gasteiger partial charge in [-0.2, -0.15) is 15.0 Å². The van der Waals surface area contributed by atoms with Gasteiger partial charge >= 0.3 is 0 Å². The van der Waals surface area contributed by atoms with Crippen molar-refractivity contribution in [2.24, 2.45) is 0 Å². The van der Waals surface area contributed by atoms with Crippen molar-refractivity contribution in [3.8, 4) is 11.4 Å². The Hall–Kier alpha value is -4.39. The van der Waals surface area contributed by atoms with E-state index in [1.807, 2.05) is 78.9 Å². The molecule has 0 aliphatic rings. The van der Waals surface area contributed by atoms with Crippen molar-refractivity contribution in [2.75, 3.05) is 10.6 Å². The first-order chi connectivity index (χ1) is 31.6. The predicted molar refractivity (Wildman–Crippen MR) is 271 cm³/mol. The van der Waals surface area contributed by atoms with Crippen LogP contribution in [0, 0.1) is 0 Å². The standard InChI is InChI=1S/C57H85N5O2/c1-3-5-7-9-11-13-15-17-19-21-23-25-27-29-32-40-48-42-36-38-46-51(48)54(63)60-56-58-53(50-44-34-31-35-45-50)59-57(62-56)61-55(64)52-47-39-37-43-49(52)41-33-30-28-26-24-22-20-18-16-14-12-10-8-6-4-2/h31,34-39,42-47H,3-30,32-33,40-41H2,1-2H3,(H2,58,59,60,61,62,63,64). The Balaban J connectivity index is 1.23. The lowest BCUT2D eigenvalue weighted by molar-refractivity contribution is 0.101. The van der Waals surface area contributed by atoms with Crippen LogP contribution >= 0.6 is 0 Å². The molecule has 64 heavy (non-hydrogen) atoms. The fraction of sp³-hybridized carbons (Fsp3) is 0.596. The molecule has 350 valence electrons. The minimum atomic E-state index is -0.270. The van der Waals surface area contributed by atoms with Crippen LogP contribution in [0.4, 0.5) is 11.9 Å². The maximum Gasteiger partial charge on any atom is 0.258 e. The van der Waals surface area contributed by atoms with Crippen LogP contribution in [-0.2, 0) is 12.8 Å². The summed E-state index contributed by atoms with van der Waals surface area (Å²) in [5, 5.41) is 5.89. The molecule has 0 aliphatic heterocycles. The highest BCUT2D eigenvalue weighted by Gasteiger charge is 2.18. The SMILES string of the molecule is CCCCCCCCCCCCCCCCCc1ccccc1C(=O)Nc1nc(NC(=O)c2ccccc2CCCCCCCCCCCCCCCCC)nc(-c2ccccc2)n1. The number of nitrogens with zero attached hydrogens (tertiary/aromatic N) is 3. The molecule has 0 saturated heterocycles. The molecular weight excluding hydrogens is 787 g/mol. The number of rotatable bonds is 37. The normalized spacial score (nSPS) is 11.2. The van der Waals surface area contributed by atoms with E-state index < -0.39 is 0 Å². The average Bonchev–Trinajstić information content (AvgIpc) is 3.32. The number of nitrogens with one attached hydrogen (secondary N) is 2. The Labute approximate surface area is 389 Å². The van der Waals surface area contributed by atoms with Crippen LogP contribution in [-0.4, -0.2) is 26.8 Å². The van der Waals surface area contributed by atoms with Gasteiger partial charge in [0.05, 0.1) is 0 Å². The molecule has 0 atom stereocenters.